The van der Waals surface area contributed by atoms with E-state index in [-0.39, 0.29) is 36.5 Å². The summed E-state index contributed by atoms with van der Waals surface area (Å²) in [5, 5.41) is 39.2. The Hall–Kier alpha value is -2.24. The molecule has 5 nitrogen and oxygen atoms in total. The Morgan fingerprint density at radius 1 is 1.08 bits per heavy atom. The lowest BCUT2D eigenvalue weighted by molar-refractivity contribution is 0.254. The first-order valence-corrected chi connectivity index (χ1v) is 8.52. The standard InChI is InChI=1S/C20H24O5/c1-25-20-9-13(4-5-18(20)23)14-10-16-15(17(14)11-22)7-12(3-2-6-21)8-19(16)24/h4-5,7-9,14,17,21-24H,2-3,6,10-11H2,1H3. The normalized spacial score (nSPS) is 19.0. The van der Waals surface area contributed by atoms with Gasteiger partial charge in [0.15, 0.2) is 11.5 Å². The fraction of sp³-hybridized carbons (Fsp3) is 0.400. The van der Waals surface area contributed by atoms with Gasteiger partial charge in [0.05, 0.1) is 13.7 Å². The van der Waals surface area contributed by atoms with Gasteiger partial charge in [0.1, 0.15) is 5.75 Å². The Morgan fingerprint density at radius 2 is 1.88 bits per heavy atom. The summed E-state index contributed by atoms with van der Waals surface area (Å²) >= 11 is 0. The van der Waals surface area contributed by atoms with E-state index in [1.807, 2.05) is 12.1 Å². The van der Waals surface area contributed by atoms with Gasteiger partial charge < -0.3 is 25.2 Å². The predicted molar refractivity (Wildman–Crippen MR) is 94.4 cm³/mol. The molecule has 2 unspecified atom stereocenters. The van der Waals surface area contributed by atoms with Gasteiger partial charge in [0, 0.05) is 12.5 Å². The maximum Gasteiger partial charge on any atom is 0.160 e. The first-order chi connectivity index (χ1) is 12.1. The van der Waals surface area contributed by atoms with E-state index < -0.39 is 0 Å². The van der Waals surface area contributed by atoms with Crippen molar-refractivity contribution >= 4 is 0 Å². The topological polar surface area (TPSA) is 90.2 Å². The molecule has 4 N–H and O–H groups in total. The molecule has 0 heterocycles. The number of phenols is 2. The summed E-state index contributed by atoms with van der Waals surface area (Å²) in [4.78, 5) is 0. The first kappa shape index (κ1) is 17.6. The summed E-state index contributed by atoms with van der Waals surface area (Å²) in [6.45, 7) is 0.0843. The van der Waals surface area contributed by atoms with Crippen molar-refractivity contribution in [2.45, 2.75) is 31.1 Å². The second-order valence-corrected chi connectivity index (χ2v) is 6.54. The third-order valence-electron chi connectivity index (χ3n) is 5.08. The van der Waals surface area contributed by atoms with Gasteiger partial charge >= 0.3 is 0 Å². The highest BCUT2D eigenvalue weighted by molar-refractivity contribution is 5.53. The molecule has 0 fully saturated rings. The van der Waals surface area contributed by atoms with Crippen LogP contribution in [-0.2, 0) is 12.8 Å². The van der Waals surface area contributed by atoms with E-state index in [2.05, 4.69) is 0 Å². The molecule has 1 aliphatic carbocycles. The Morgan fingerprint density at radius 3 is 2.56 bits per heavy atom. The van der Waals surface area contributed by atoms with Crippen LogP contribution in [-0.4, -0.2) is 40.7 Å². The number of benzene rings is 2. The lowest BCUT2D eigenvalue weighted by Gasteiger charge is -2.20. The average molecular weight is 344 g/mol. The van der Waals surface area contributed by atoms with Crippen molar-refractivity contribution in [2.75, 3.05) is 20.3 Å². The van der Waals surface area contributed by atoms with Crippen LogP contribution in [0.2, 0.25) is 0 Å². The van der Waals surface area contributed by atoms with E-state index >= 15 is 0 Å². The van der Waals surface area contributed by atoms with Crippen LogP contribution in [0.4, 0.5) is 0 Å². The highest BCUT2D eigenvalue weighted by Gasteiger charge is 2.35. The zero-order chi connectivity index (χ0) is 18.0. The molecule has 0 bridgehead atoms. The SMILES string of the molecule is COc1cc(C2Cc3c(O)cc(CCCO)cc3C2CO)ccc1O. The molecule has 134 valence electrons. The third-order valence-corrected chi connectivity index (χ3v) is 5.08. The van der Waals surface area contributed by atoms with E-state index in [0.29, 0.717) is 25.0 Å². The Kier molecular flexibility index (Phi) is 5.16. The highest BCUT2D eigenvalue weighted by atomic mass is 16.5. The molecule has 0 spiro atoms. The average Bonchev–Trinajstić information content (AvgIpc) is 2.99. The van der Waals surface area contributed by atoms with Gasteiger partial charge in [-0.05, 0) is 65.6 Å². The molecule has 2 atom stereocenters. The molecular formula is C20H24O5. The zero-order valence-electron chi connectivity index (χ0n) is 14.3. The van der Waals surface area contributed by atoms with Crippen molar-refractivity contribution in [3.63, 3.8) is 0 Å². The number of aryl methyl sites for hydroxylation is 1. The lowest BCUT2D eigenvalue weighted by atomic mass is 9.86. The number of methoxy groups -OCH3 is 1. The number of aliphatic hydroxyl groups is 2. The number of phenolic OH excluding ortho intramolecular Hbond substituents is 2. The van der Waals surface area contributed by atoms with Gasteiger partial charge in [-0.15, -0.1) is 0 Å². The number of hydrogen-bond donors (Lipinski definition) is 4. The zero-order valence-corrected chi connectivity index (χ0v) is 14.3. The van der Waals surface area contributed by atoms with Gasteiger partial charge in [-0.25, -0.2) is 0 Å². The van der Waals surface area contributed by atoms with Crippen molar-refractivity contribution in [1.82, 2.24) is 0 Å². The highest BCUT2D eigenvalue weighted by Crippen LogP contribution is 2.48. The van der Waals surface area contributed by atoms with Gasteiger partial charge in [0.2, 0.25) is 0 Å². The van der Waals surface area contributed by atoms with Gasteiger partial charge in [-0.3, -0.25) is 0 Å². The molecule has 0 saturated heterocycles. The Bertz CT molecular complexity index is 756. The molecule has 25 heavy (non-hydrogen) atoms. The summed E-state index contributed by atoms with van der Waals surface area (Å²) < 4.78 is 5.19. The molecule has 5 heteroatoms. The number of fused-ring (bicyclic) bond motifs is 1. The third kappa shape index (κ3) is 3.30. The second kappa shape index (κ2) is 7.33. The monoisotopic (exact) mass is 344 g/mol. The molecule has 0 aromatic heterocycles. The van der Waals surface area contributed by atoms with Crippen LogP contribution >= 0.6 is 0 Å². The number of hydrogen-bond acceptors (Lipinski definition) is 5. The van der Waals surface area contributed by atoms with Gasteiger partial charge in [-0.1, -0.05) is 12.1 Å². The smallest absolute Gasteiger partial charge is 0.160 e. The van der Waals surface area contributed by atoms with Crippen molar-refractivity contribution in [2.24, 2.45) is 0 Å². The van der Waals surface area contributed by atoms with Crippen LogP contribution in [0.5, 0.6) is 17.2 Å². The van der Waals surface area contributed by atoms with E-state index in [1.165, 1.54) is 7.11 Å². The van der Waals surface area contributed by atoms with Crippen LogP contribution in [0.15, 0.2) is 30.3 Å². The summed E-state index contributed by atoms with van der Waals surface area (Å²) in [6.07, 6.45) is 1.95. The minimum atomic E-state index is -0.121. The van der Waals surface area contributed by atoms with Crippen molar-refractivity contribution < 1.29 is 25.2 Å². The summed E-state index contributed by atoms with van der Waals surface area (Å²) in [6, 6.07) is 9.00. The van der Waals surface area contributed by atoms with Crippen LogP contribution in [0.3, 0.4) is 0 Å². The summed E-state index contributed by atoms with van der Waals surface area (Å²) in [5.74, 6) is 0.615. The number of aliphatic hydroxyl groups excluding tert-OH is 2. The van der Waals surface area contributed by atoms with E-state index in [1.54, 1.807) is 18.2 Å². The van der Waals surface area contributed by atoms with Crippen molar-refractivity contribution in [1.29, 1.82) is 0 Å². The van der Waals surface area contributed by atoms with Crippen LogP contribution < -0.4 is 4.74 Å². The molecule has 0 aliphatic heterocycles. The molecule has 0 amide bonds. The molecule has 2 aromatic carbocycles. The van der Waals surface area contributed by atoms with E-state index in [0.717, 1.165) is 22.3 Å². The largest absolute Gasteiger partial charge is 0.508 e. The van der Waals surface area contributed by atoms with Crippen molar-refractivity contribution in [3.05, 3.63) is 52.6 Å². The fourth-order valence-electron chi connectivity index (χ4n) is 3.80. The quantitative estimate of drug-likeness (QED) is 0.646. The number of aromatic hydroxyl groups is 2. The molecule has 0 radical (unpaired) electrons. The fourth-order valence-corrected chi connectivity index (χ4v) is 3.80. The van der Waals surface area contributed by atoms with Crippen LogP contribution in [0.1, 0.15) is 40.5 Å². The van der Waals surface area contributed by atoms with Gasteiger partial charge in [-0.2, -0.15) is 0 Å². The Labute approximate surface area is 147 Å². The van der Waals surface area contributed by atoms with Crippen LogP contribution in [0, 0.1) is 0 Å². The molecular weight excluding hydrogens is 320 g/mol. The van der Waals surface area contributed by atoms with E-state index in [4.69, 9.17) is 9.84 Å². The number of ether oxygens (including phenoxy) is 1. The first-order valence-electron chi connectivity index (χ1n) is 8.52. The molecule has 3 rings (SSSR count). The minimum Gasteiger partial charge on any atom is -0.508 e. The van der Waals surface area contributed by atoms with E-state index in [9.17, 15) is 15.3 Å². The summed E-state index contributed by atoms with van der Waals surface area (Å²) in [5.41, 5.74) is 3.75. The van der Waals surface area contributed by atoms with Crippen LogP contribution in [0.25, 0.3) is 0 Å². The lowest BCUT2D eigenvalue weighted by Crippen LogP contribution is -2.10. The Balaban J connectivity index is 1.97. The predicted octanol–water partition coefficient (Wildman–Crippen LogP) is 2.45. The summed E-state index contributed by atoms with van der Waals surface area (Å²) in [7, 11) is 1.50. The molecule has 1 aliphatic rings. The maximum absolute atomic E-state index is 10.4. The van der Waals surface area contributed by atoms with Gasteiger partial charge in [0.25, 0.3) is 0 Å². The molecule has 0 saturated carbocycles. The number of rotatable bonds is 6. The maximum atomic E-state index is 10.4. The molecule has 2 aromatic rings. The second-order valence-electron chi connectivity index (χ2n) is 6.54. The minimum absolute atomic E-state index is 0.00786. The van der Waals surface area contributed by atoms with Crippen molar-refractivity contribution in [3.8, 4) is 17.2 Å².